The molecule has 4 heteroatoms. The Hall–Kier alpha value is -1.20. The Morgan fingerprint density at radius 1 is 1.18 bits per heavy atom. The number of ether oxygens (including phenoxy) is 2. The summed E-state index contributed by atoms with van der Waals surface area (Å²) >= 11 is 0. The monoisotopic (exact) mass is 236 g/mol. The average Bonchev–Trinajstić information content (AvgIpc) is 2.39. The van der Waals surface area contributed by atoms with Crippen LogP contribution in [0, 0.1) is 0 Å². The fourth-order valence-corrected chi connectivity index (χ4v) is 1.63. The molecular formula is C13H16O4. The molecule has 2 N–H and O–H groups in total. The number of aliphatic hydroxyl groups excluding tert-OH is 2. The van der Waals surface area contributed by atoms with Crippen molar-refractivity contribution in [3.63, 3.8) is 0 Å². The van der Waals surface area contributed by atoms with Crippen LogP contribution in [0.15, 0.2) is 42.5 Å². The lowest BCUT2D eigenvalue weighted by Crippen LogP contribution is -2.38. The van der Waals surface area contributed by atoms with Gasteiger partial charge in [-0.25, -0.2) is 0 Å². The van der Waals surface area contributed by atoms with E-state index in [9.17, 15) is 5.11 Å². The minimum absolute atomic E-state index is 0.225. The maximum Gasteiger partial charge on any atom is 0.177 e. The standard InChI is InChI=1S/C13H16O4/c14-8-12-11(15)6-7-13(17-12)16-9-10-4-2-1-3-5-10/h1-7,11-15H,8-9H2/t11-,12-,13-/m1/s1. The van der Waals surface area contributed by atoms with E-state index in [-0.39, 0.29) is 6.61 Å². The number of hydrogen-bond donors (Lipinski definition) is 2. The zero-order valence-electron chi connectivity index (χ0n) is 9.40. The van der Waals surface area contributed by atoms with Crippen molar-refractivity contribution >= 4 is 0 Å². The molecule has 3 atom stereocenters. The van der Waals surface area contributed by atoms with Gasteiger partial charge in [-0.1, -0.05) is 36.4 Å². The van der Waals surface area contributed by atoms with Crippen LogP contribution in [0.1, 0.15) is 5.56 Å². The van der Waals surface area contributed by atoms with Crippen molar-refractivity contribution in [1.82, 2.24) is 0 Å². The third-order valence-corrected chi connectivity index (χ3v) is 2.59. The molecule has 0 unspecified atom stereocenters. The van der Waals surface area contributed by atoms with Gasteiger partial charge >= 0.3 is 0 Å². The normalized spacial score (nSPS) is 28.2. The first-order valence-electron chi connectivity index (χ1n) is 5.58. The molecule has 0 saturated carbocycles. The Morgan fingerprint density at radius 3 is 2.65 bits per heavy atom. The van der Waals surface area contributed by atoms with Gasteiger partial charge in [0.15, 0.2) is 6.29 Å². The van der Waals surface area contributed by atoms with Crippen LogP contribution in [0.25, 0.3) is 0 Å². The van der Waals surface area contributed by atoms with Crippen LogP contribution in [0.4, 0.5) is 0 Å². The molecule has 1 heterocycles. The molecule has 0 aliphatic carbocycles. The lowest BCUT2D eigenvalue weighted by Gasteiger charge is -2.28. The first-order valence-corrected chi connectivity index (χ1v) is 5.58. The quantitative estimate of drug-likeness (QED) is 0.760. The molecule has 1 aromatic rings. The second-order valence-corrected chi connectivity index (χ2v) is 3.90. The van der Waals surface area contributed by atoms with E-state index in [1.54, 1.807) is 12.2 Å². The molecule has 0 spiro atoms. The van der Waals surface area contributed by atoms with Crippen molar-refractivity contribution in [1.29, 1.82) is 0 Å². The van der Waals surface area contributed by atoms with Crippen molar-refractivity contribution in [3.05, 3.63) is 48.0 Å². The second kappa shape index (κ2) is 5.93. The van der Waals surface area contributed by atoms with E-state index in [2.05, 4.69) is 0 Å². The minimum atomic E-state index is -0.767. The fraction of sp³-hybridized carbons (Fsp3) is 0.385. The summed E-state index contributed by atoms with van der Waals surface area (Å²) in [6.07, 6.45) is 1.34. The van der Waals surface area contributed by atoms with E-state index >= 15 is 0 Å². The van der Waals surface area contributed by atoms with Gasteiger partial charge in [-0.05, 0) is 11.6 Å². The maximum atomic E-state index is 9.44. The summed E-state index contributed by atoms with van der Waals surface area (Å²) in [5.41, 5.74) is 1.05. The molecule has 0 radical (unpaired) electrons. The second-order valence-electron chi connectivity index (χ2n) is 3.90. The summed E-state index contributed by atoms with van der Waals surface area (Å²) in [6, 6.07) is 9.75. The van der Waals surface area contributed by atoms with E-state index in [1.807, 2.05) is 30.3 Å². The maximum absolute atomic E-state index is 9.44. The van der Waals surface area contributed by atoms with Crippen molar-refractivity contribution in [2.75, 3.05) is 6.61 Å². The van der Waals surface area contributed by atoms with Crippen LogP contribution in [0.2, 0.25) is 0 Å². The van der Waals surface area contributed by atoms with Gasteiger partial charge in [-0.15, -0.1) is 0 Å². The first-order chi connectivity index (χ1) is 8.29. The zero-order chi connectivity index (χ0) is 12.1. The minimum Gasteiger partial charge on any atom is -0.394 e. The molecule has 0 aromatic heterocycles. The van der Waals surface area contributed by atoms with Gasteiger partial charge < -0.3 is 19.7 Å². The number of benzene rings is 1. The molecular weight excluding hydrogens is 220 g/mol. The van der Waals surface area contributed by atoms with Crippen LogP contribution >= 0.6 is 0 Å². The van der Waals surface area contributed by atoms with Crippen molar-refractivity contribution < 1.29 is 19.7 Å². The number of rotatable bonds is 4. The topological polar surface area (TPSA) is 58.9 Å². The molecule has 0 amide bonds. The Morgan fingerprint density at radius 2 is 1.94 bits per heavy atom. The van der Waals surface area contributed by atoms with Crippen LogP contribution in [-0.4, -0.2) is 35.3 Å². The smallest absolute Gasteiger partial charge is 0.177 e. The van der Waals surface area contributed by atoms with Crippen LogP contribution in [-0.2, 0) is 16.1 Å². The summed E-state index contributed by atoms with van der Waals surface area (Å²) in [5.74, 6) is 0. The fourth-order valence-electron chi connectivity index (χ4n) is 1.63. The van der Waals surface area contributed by atoms with E-state index in [0.29, 0.717) is 6.61 Å². The molecule has 17 heavy (non-hydrogen) atoms. The van der Waals surface area contributed by atoms with E-state index in [1.165, 1.54) is 0 Å². The predicted octanol–water partition coefficient (Wildman–Crippen LogP) is 0.837. The Balaban J connectivity index is 1.86. The van der Waals surface area contributed by atoms with Crippen molar-refractivity contribution in [2.24, 2.45) is 0 Å². The van der Waals surface area contributed by atoms with Crippen molar-refractivity contribution in [3.8, 4) is 0 Å². The molecule has 92 valence electrons. The first kappa shape index (κ1) is 12.3. The molecule has 0 bridgehead atoms. The highest BCUT2D eigenvalue weighted by Crippen LogP contribution is 2.15. The highest BCUT2D eigenvalue weighted by Gasteiger charge is 2.25. The lowest BCUT2D eigenvalue weighted by atomic mass is 10.1. The molecule has 4 nitrogen and oxygen atoms in total. The van der Waals surface area contributed by atoms with Crippen LogP contribution < -0.4 is 0 Å². The van der Waals surface area contributed by atoms with Gasteiger partial charge in [0.2, 0.25) is 0 Å². The zero-order valence-corrected chi connectivity index (χ0v) is 9.40. The molecule has 2 rings (SSSR count). The van der Waals surface area contributed by atoms with Gasteiger partial charge in [-0.3, -0.25) is 0 Å². The average molecular weight is 236 g/mol. The summed E-state index contributed by atoms with van der Waals surface area (Å²) < 4.78 is 10.9. The molecule has 0 saturated heterocycles. The molecule has 0 fully saturated rings. The van der Waals surface area contributed by atoms with Crippen LogP contribution in [0.5, 0.6) is 0 Å². The van der Waals surface area contributed by atoms with Gasteiger partial charge in [0.25, 0.3) is 0 Å². The molecule has 1 aromatic carbocycles. The van der Waals surface area contributed by atoms with E-state index < -0.39 is 18.5 Å². The van der Waals surface area contributed by atoms with E-state index in [4.69, 9.17) is 14.6 Å². The lowest BCUT2D eigenvalue weighted by molar-refractivity contribution is -0.184. The largest absolute Gasteiger partial charge is 0.394 e. The summed E-state index contributed by atoms with van der Waals surface area (Å²) in [6.45, 7) is 0.209. The third kappa shape index (κ3) is 3.38. The van der Waals surface area contributed by atoms with Crippen LogP contribution in [0.3, 0.4) is 0 Å². The van der Waals surface area contributed by atoms with Gasteiger partial charge in [0.1, 0.15) is 12.2 Å². The Labute approximate surface area is 100 Å². The van der Waals surface area contributed by atoms with Gasteiger partial charge in [0, 0.05) is 0 Å². The van der Waals surface area contributed by atoms with E-state index in [0.717, 1.165) is 5.56 Å². The highest BCUT2D eigenvalue weighted by molar-refractivity contribution is 5.13. The predicted molar refractivity (Wildman–Crippen MR) is 62.1 cm³/mol. The molecule has 1 aliphatic rings. The van der Waals surface area contributed by atoms with Gasteiger partial charge in [0.05, 0.1) is 13.2 Å². The highest BCUT2D eigenvalue weighted by atomic mass is 16.7. The number of aliphatic hydroxyl groups is 2. The Kier molecular flexibility index (Phi) is 4.28. The van der Waals surface area contributed by atoms with Crippen molar-refractivity contribution in [2.45, 2.75) is 25.1 Å². The summed E-state index contributed by atoms with van der Waals surface area (Å²) in [5, 5.41) is 18.4. The third-order valence-electron chi connectivity index (χ3n) is 2.59. The van der Waals surface area contributed by atoms with Gasteiger partial charge in [-0.2, -0.15) is 0 Å². The summed E-state index contributed by atoms with van der Waals surface area (Å²) in [7, 11) is 0. The Bertz CT molecular complexity index is 363. The summed E-state index contributed by atoms with van der Waals surface area (Å²) in [4.78, 5) is 0. The SMILES string of the molecule is OC[C@H]1O[C@@H](OCc2ccccc2)C=C[C@H]1O. The molecule has 1 aliphatic heterocycles. The number of hydrogen-bond acceptors (Lipinski definition) is 4.